The Morgan fingerprint density at radius 1 is 1.32 bits per heavy atom. The molecule has 2 aromatic heterocycles. The number of nitrogens with zero attached hydrogens (tertiary/aromatic N) is 4. The molecule has 9 nitrogen and oxygen atoms in total. The molecule has 0 spiro atoms. The molecule has 0 aliphatic carbocycles. The molecule has 0 amide bonds. The van der Waals surface area contributed by atoms with Gasteiger partial charge in [-0.05, 0) is 25.2 Å². The Labute approximate surface area is 128 Å². The van der Waals surface area contributed by atoms with Crippen LogP contribution in [0.3, 0.4) is 0 Å². The van der Waals surface area contributed by atoms with Crippen molar-refractivity contribution in [2.75, 3.05) is 24.5 Å². The minimum atomic E-state index is -3.59. The van der Waals surface area contributed by atoms with Crippen molar-refractivity contribution in [3.05, 3.63) is 12.7 Å². The highest BCUT2D eigenvalue weighted by atomic mass is 32.2. The van der Waals surface area contributed by atoms with E-state index in [-0.39, 0.29) is 0 Å². The van der Waals surface area contributed by atoms with E-state index in [9.17, 15) is 8.42 Å². The first-order valence-electron chi connectivity index (χ1n) is 7.19. The Morgan fingerprint density at radius 2 is 2.09 bits per heavy atom. The number of rotatable bonds is 5. The van der Waals surface area contributed by atoms with Crippen LogP contribution in [0.2, 0.25) is 0 Å². The average molecular weight is 325 g/mol. The van der Waals surface area contributed by atoms with Gasteiger partial charge in [-0.1, -0.05) is 0 Å². The van der Waals surface area contributed by atoms with Gasteiger partial charge in [-0.25, -0.2) is 24.8 Å². The lowest BCUT2D eigenvalue weighted by Gasteiger charge is -2.32. The Bertz CT molecular complexity index is 737. The van der Waals surface area contributed by atoms with Crippen LogP contribution >= 0.6 is 0 Å². The number of anilines is 1. The second-order valence-corrected chi connectivity index (χ2v) is 6.84. The summed E-state index contributed by atoms with van der Waals surface area (Å²) >= 11 is 0. The van der Waals surface area contributed by atoms with Crippen LogP contribution in [0.25, 0.3) is 11.2 Å². The van der Waals surface area contributed by atoms with E-state index in [1.165, 1.54) is 6.33 Å². The molecule has 4 N–H and O–H groups in total. The quantitative estimate of drug-likeness (QED) is 0.695. The first-order valence-corrected chi connectivity index (χ1v) is 8.74. The van der Waals surface area contributed by atoms with Crippen molar-refractivity contribution in [2.24, 2.45) is 11.1 Å². The largest absolute Gasteiger partial charge is 0.355 e. The Hall–Kier alpha value is -1.78. The monoisotopic (exact) mass is 325 g/mol. The molecular weight excluding hydrogens is 306 g/mol. The summed E-state index contributed by atoms with van der Waals surface area (Å²) in [6, 6.07) is 0. The van der Waals surface area contributed by atoms with Gasteiger partial charge in [-0.15, -0.1) is 0 Å². The lowest BCUT2D eigenvalue weighted by molar-refractivity contribution is 0.381. The van der Waals surface area contributed by atoms with E-state index in [0.29, 0.717) is 18.1 Å². The van der Waals surface area contributed by atoms with E-state index in [1.54, 1.807) is 6.33 Å². The maximum absolute atomic E-state index is 10.8. The average Bonchev–Trinajstić information content (AvgIpc) is 2.95. The zero-order chi connectivity index (χ0) is 15.6. The second-order valence-electron chi connectivity index (χ2n) is 5.46. The van der Waals surface area contributed by atoms with Crippen molar-refractivity contribution in [1.29, 1.82) is 0 Å². The molecule has 0 atom stereocenters. The van der Waals surface area contributed by atoms with Crippen molar-refractivity contribution in [2.45, 2.75) is 19.3 Å². The fourth-order valence-electron chi connectivity index (χ4n) is 2.83. The standard InChI is InChI=1S/C12H19N7O2S/c13-22(20,21)18-4-1-9-2-5-19(6-3-9)12-10-11(15-7-14-10)16-8-17-12/h7-9,18H,1-6H2,(H2,13,20,21)(H,14,15,16,17). The van der Waals surface area contributed by atoms with Crippen LogP contribution in [-0.4, -0.2) is 48.0 Å². The zero-order valence-corrected chi connectivity index (χ0v) is 12.9. The molecule has 10 heteroatoms. The second kappa shape index (κ2) is 6.15. The van der Waals surface area contributed by atoms with Crippen LogP contribution in [0.15, 0.2) is 12.7 Å². The molecule has 0 unspecified atom stereocenters. The normalized spacial score (nSPS) is 17.2. The third-order valence-electron chi connectivity index (χ3n) is 3.97. The number of piperidine rings is 1. The molecule has 0 radical (unpaired) electrons. The number of hydrogen-bond donors (Lipinski definition) is 3. The SMILES string of the molecule is NS(=O)(=O)NCCC1CCN(c2ncnc3nc[nH]c23)CC1. The van der Waals surface area contributed by atoms with Crippen LogP contribution in [-0.2, 0) is 10.2 Å². The molecule has 1 aliphatic heterocycles. The van der Waals surface area contributed by atoms with Crippen LogP contribution < -0.4 is 14.8 Å². The number of imidazole rings is 1. The summed E-state index contributed by atoms with van der Waals surface area (Å²) in [5.74, 6) is 1.37. The molecule has 2 aromatic rings. The Morgan fingerprint density at radius 3 is 2.82 bits per heavy atom. The van der Waals surface area contributed by atoms with Gasteiger partial charge in [-0.3, -0.25) is 0 Å². The number of aromatic amines is 1. The summed E-state index contributed by atoms with van der Waals surface area (Å²) < 4.78 is 24.0. The topological polar surface area (TPSA) is 130 Å². The number of H-pyrrole nitrogens is 1. The molecule has 0 aromatic carbocycles. The summed E-state index contributed by atoms with van der Waals surface area (Å²) in [5.41, 5.74) is 1.53. The maximum Gasteiger partial charge on any atom is 0.274 e. The van der Waals surface area contributed by atoms with Crippen molar-refractivity contribution < 1.29 is 8.42 Å². The highest BCUT2D eigenvalue weighted by Gasteiger charge is 2.22. The fourth-order valence-corrected chi connectivity index (χ4v) is 3.23. The van der Waals surface area contributed by atoms with Crippen LogP contribution in [0, 0.1) is 5.92 Å². The van der Waals surface area contributed by atoms with Crippen LogP contribution in [0.4, 0.5) is 5.82 Å². The van der Waals surface area contributed by atoms with Crippen molar-refractivity contribution in [3.63, 3.8) is 0 Å². The summed E-state index contributed by atoms with van der Waals surface area (Å²) in [5, 5.41) is 4.92. The predicted molar refractivity (Wildman–Crippen MR) is 82.3 cm³/mol. The summed E-state index contributed by atoms with van der Waals surface area (Å²) in [6.07, 6.45) is 5.93. The van der Waals surface area contributed by atoms with Crippen LogP contribution in [0.5, 0.6) is 0 Å². The van der Waals surface area contributed by atoms with Gasteiger partial charge in [0, 0.05) is 19.6 Å². The van der Waals surface area contributed by atoms with E-state index in [0.717, 1.165) is 43.7 Å². The smallest absolute Gasteiger partial charge is 0.274 e. The number of fused-ring (bicyclic) bond motifs is 1. The summed E-state index contributed by atoms with van der Waals surface area (Å²) in [6.45, 7) is 2.15. The van der Waals surface area contributed by atoms with E-state index in [2.05, 4.69) is 29.6 Å². The summed E-state index contributed by atoms with van der Waals surface area (Å²) in [4.78, 5) is 17.9. The van der Waals surface area contributed by atoms with Gasteiger partial charge < -0.3 is 9.88 Å². The number of nitrogens with two attached hydrogens (primary N) is 1. The van der Waals surface area contributed by atoms with E-state index in [1.807, 2.05) is 0 Å². The molecule has 3 heterocycles. The molecule has 1 aliphatic rings. The summed E-state index contributed by atoms with van der Waals surface area (Å²) in [7, 11) is -3.59. The van der Waals surface area contributed by atoms with Gasteiger partial charge in [0.2, 0.25) is 0 Å². The first kappa shape index (κ1) is 15.1. The molecule has 3 rings (SSSR count). The molecule has 22 heavy (non-hydrogen) atoms. The Balaban J connectivity index is 1.57. The van der Waals surface area contributed by atoms with Gasteiger partial charge in [-0.2, -0.15) is 8.42 Å². The number of hydrogen-bond acceptors (Lipinski definition) is 6. The molecule has 0 bridgehead atoms. The van der Waals surface area contributed by atoms with Gasteiger partial charge in [0.25, 0.3) is 10.2 Å². The maximum atomic E-state index is 10.8. The van der Waals surface area contributed by atoms with Crippen LogP contribution in [0.1, 0.15) is 19.3 Å². The van der Waals surface area contributed by atoms with E-state index < -0.39 is 10.2 Å². The number of nitrogens with one attached hydrogen (secondary N) is 2. The zero-order valence-electron chi connectivity index (χ0n) is 12.1. The van der Waals surface area contributed by atoms with E-state index in [4.69, 9.17) is 5.14 Å². The van der Waals surface area contributed by atoms with Gasteiger partial charge in [0.15, 0.2) is 11.5 Å². The molecule has 0 saturated carbocycles. The van der Waals surface area contributed by atoms with Gasteiger partial charge >= 0.3 is 0 Å². The Kier molecular flexibility index (Phi) is 4.23. The number of aromatic nitrogens is 4. The van der Waals surface area contributed by atoms with Gasteiger partial charge in [0.1, 0.15) is 11.8 Å². The molecule has 1 fully saturated rings. The predicted octanol–water partition coefficient (Wildman–Crippen LogP) is -0.247. The highest BCUT2D eigenvalue weighted by molar-refractivity contribution is 7.87. The fraction of sp³-hybridized carbons (Fsp3) is 0.583. The van der Waals surface area contributed by atoms with Crippen molar-refractivity contribution in [3.8, 4) is 0 Å². The van der Waals surface area contributed by atoms with Crippen molar-refractivity contribution >= 4 is 27.2 Å². The van der Waals surface area contributed by atoms with E-state index >= 15 is 0 Å². The van der Waals surface area contributed by atoms with Gasteiger partial charge in [0.05, 0.1) is 6.33 Å². The molecule has 1 saturated heterocycles. The third kappa shape index (κ3) is 3.51. The highest BCUT2D eigenvalue weighted by Crippen LogP contribution is 2.26. The molecular formula is C12H19N7O2S. The van der Waals surface area contributed by atoms with Crippen molar-refractivity contribution in [1.82, 2.24) is 24.7 Å². The minimum Gasteiger partial charge on any atom is -0.355 e. The lowest BCUT2D eigenvalue weighted by Crippen LogP contribution is -2.37. The first-order chi connectivity index (χ1) is 10.5. The minimum absolute atomic E-state index is 0.391. The molecule has 120 valence electrons. The third-order valence-corrected chi connectivity index (χ3v) is 4.58. The lowest BCUT2D eigenvalue weighted by atomic mass is 9.93.